The van der Waals surface area contributed by atoms with Crippen LogP contribution in [-0.2, 0) is 0 Å². The minimum absolute atomic E-state index is 0.0292. The lowest BCUT2D eigenvalue weighted by molar-refractivity contribution is 0.0691. The lowest BCUT2D eigenvalue weighted by Gasteiger charge is -2.11. The summed E-state index contributed by atoms with van der Waals surface area (Å²) in [5.74, 6) is -0.490. The quantitative estimate of drug-likeness (QED) is 0.790. The maximum Gasteiger partial charge on any atom is 0.354 e. The van der Waals surface area contributed by atoms with Crippen LogP contribution >= 0.6 is 0 Å². The van der Waals surface area contributed by atoms with Crippen molar-refractivity contribution in [1.82, 2.24) is 10.2 Å². The summed E-state index contributed by atoms with van der Waals surface area (Å²) in [7, 11) is 0. The number of hydrogen-bond donors (Lipinski definition) is 3. The number of nitrogen functional groups attached to an aromatic ring is 1. The van der Waals surface area contributed by atoms with Gasteiger partial charge < -0.3 is 10.8 Å². The molecule has 0 spiro atoms. The predicted molar refractivity (Wildman–Crippen MR) is 74.2 cm³/mol. The molecule has 0 aliphatic heterocycles. The van der Waals surface area contributed by atoms with Gasteiger partial charge in [-0.15, -0.1) is 0 Å². The second-order valence-electron chi connectivity index (χ2n) is 4.89. The van der Waals surface area contributed by atoms with Crippen molar-refractivity contribution in [3.63, 3.8) is 0 Å². The molecule has 5 heteroatoms. The number of aromatic carboxylic acids is 1. The van der Waals surface area contributed by atoms with Crippen LogP contribution < -0.4 is 5.73 Å². The number of carboxylic acids is 1. The summed E-state index contributed by atoms with van der Waals surface area (Å²) >= 11 is 0. The number of nitrogens with two attached hydrogens (primary N) is 1. The number of nitrogens with one attached hydrogen (secondary N) is 1. The molecule has 0 unspecified atom stereocenters. The van der Waals surface area contributed by atoms with Crippen LogP contribution in [0.5, 0.6) is 0 Å². The number of carbonyl (C=O) groups is 1. The average Bonchev–Trinajstić information content (AvgIpc) is 2.71. The molecule has 4 N–H and O–H groups in total. The molecular formula is C14H17N3O2. The van der Waals surface area contributed by atoms with E-state index in [1.54, 1.807) is 0 Å². The Bertz CT molecular complexity index is 630. The molecule has 2 rings (SSSR count). The minimum Gasteiger partial charge on any atom is -0.477 e. The van der Waals surface area contributed by atoms with Crippen molar-refractivity contribution in [1.29, 1.82) is 0 Å². The zero-order valence-corrected chi connectivity index (χ0v) is 11.2. The summed E-state index contributed by atoms with van der Waals surface area (Å²) in [5.41, 5.74) is 9.22. The summed E-state index contributed by atoms with van der Waals surface area (Å²) in [6.07, 6.45) is 0. The number of aromatic amines is 1. The van der Waals surface area contributed by atoms with Gasteiger partial charge in [0.2, 0.25) is 0 Å². The van der Waals surface area contributed by atoms with E-state index in [9.17, 15) is 9.90 Å². The van der Waals surface area contributed by atoms with Gasteiger partial charge in [-0.05, 0) is 29.5 Å². The van der Waals surface area contributed by atoms with Gasteiger partial charge in [0.15, 0.2) is 11.5 Å². The van der Waals surface area contributed by atoms with Crippen LogP contribution in [-0.4, -0.2) is 21.3 Å². The van der Waals surface area contributed by atoms with E-state index in [1.165, 1.54) is 0 Å². The molecule has 0 aliphatic rings. The highest BCUT2D eigenvalue weighted by molar-refractivity contribution is 5.98. The van der Waals surface area contributed by atoms with E-state index in [-0.39, 0.29) is 11.5 Å². The maximum atomic E-state index is 11.2. The Morgan fingerprint density at radius 2 is 2.11 bits per heavy atom. The molecule has 0 aliphatic carbocycles. The van der Waals surface area contributed by atoms with E-state index in [4.69, 9.17) is 5.73 Å². The van der Waals surface area contributed by atoms with Crippen LogP contribution in [0, 0.1) is 6.92 Å². The number of anilines is 1. The number of rotatable bonds is 3. The first-order valence-corrected chi connectivity index (χ1v) is 6.10. The van der Waals surface area contributed by atoms with Crippen molar-refractivity contribution < 1.29 is 9.90 Å². The molecule has 0 saturated heterocycles. The van der Waals surface area contributed by atoms with Crippen LogP contribution in [0.4, 0.5) is 5.82 Å². The number of benzene rings is 1. The van der Waals surface area contributed by atoms with Crippen LogP contribution in [0.2, 0.25) is 0 Å². The van der Waals surface area contributed by atoms with Crippen molar-refractivity contribution >= 4 is 11.8 Å². The lowest BCUT2D eigenvalue weighted by atomic mass is 9.93. The number of carboxylic acid groups (broad SMARTS) is 1. The molecule has 100 valence electrons. The molecule has 2 aromatic rings. The number of aryl methyl sites for hydroxylation is 1. The second-order valence-corrected chi connectivity index (χ2v) is 4.89. The first-order chi connectivity index (χ1) is 8.91. The van der Waals surface area contributed by atoms with Crippen molar-refractivity contribution in [2.75, 3.05) is 5.73 Å². The first kappa shape index (κ1) is 13.1. The number of nitrogens with zero attached hydrogens (tertiary/aromatic N) is 1. The van der Waals surface area contributed by atoms with E-state index in [2.05, 4.69) is 24.0 Å². The Morgan fingerprint density at radius 1 is 1.42 bits per heavy atom. The lowest BCUT2D eigenvalue weighted by Crippen LogP contribution is -2.01. The fourth-order valence-electron chi connectivity index (χ4n) is 2.05. The zero-order valence-electron chi connectivity index (χ0n) is 11.2. The predicted octanol–water partition coefficient (Wildman–Crippen LogP) is 2.79. The smallest absolute Gasteiger partial charge is 0.354 e. The van der Waals surface area contributed by atoms with E-state index < -0.39 is 5.97 Å². The van der Waals surface area contributed by atoms with E-state index >= 15 is 0 Å². The third-order valence-electron chi connectivity index (χ3n) is 3.21. The van der Waals surface area contributed by atoms with E-state index in [0.29, 0.717) is 11.5 Å². The van der Waals surface area contributed by atoms with Crippen molar-refractivity contribution in [3.8, 4) is 11.1 Å². The minimum atomic E-state index is -1.06. The summed E-state index contributed by atoms with van der Waals surface area (Å²) in [6, 6.07) is 6.00. The number of aromatic nitrogens is 2. The first-order valence-electron chi connectivity index (χ1n) is 6.10. The standard InChI is InChI=1S/C14H17N3O2/c1-7(2)9-5-4-8(3)10(6-9)11-12(14(18)19)16-17-13(11)15/h4-7H,1-3H3,(H,18,19)(H3,15,16,17). The zero-order chi connectivity index (χ0) is 14.2. The SMILES string of the molecule is Cc1ccc(C(C)C)cc1-c1c(N)n[nH]c1C(=O)O. The Kier molecular flexibility index (Phi) is 3.29. The fourth-order valence-corrected chi connectivity index (χ4v) is 2.05. The number of hydrogen-bond acceptors (Lipinski definition) is 3. The van der Waals surface area contributed by atoms with Crippen molar-refractivity contribution in [2.45, 2.75) is 26.7 Å². The monoisotopic (exact) mass is 259 g/mol. The van der Waals surface area contributed by atoms with Crippen LogP contribution in [0.25, 0.3) is 11.1 Å². The van der Waals surface area contributed by atoms with Crippen LogP contribution in [0.15, 0.2) is 18.2 Å². The number of H-pyrrole nitrogens is 1. The highest BCUT2D eigenvalue weighted by atomic mass is 16.4. The Labute approximate surface area is 111 Å². The van der Waals surface area contributed by atoms with Gasteiger partial charge in [-0.1, -0.05) is 32.0 Å². The third kappa shape index (κ3) is 2.31. The molecule has 0 amide bonds. The Balaban J connectivity index is 2.68. The second kappa shape index (κ2) is 4.76. The summed E-state index contributed by atoms with van der Waals surface area (Å²) in [4.78, 5) is 11.2. The molecule has 1 heterocycles. The van der Waals surface area contributed by atoms with Gasteiger partial charge in [-0.25, -0.2) is 4.79 Å². The maximum absolute atomic E-state index is 11.2. The van der Waals surface area contributed by atoms with Gasteiger partial charge in [0.05, 0.1) is 5.56 Å². The van der Waals surface area contributed by atoms with Gasteiger partial charge in [0, 0.05) is 0 Å². The van der Waals surface area contributed by atoms with Gasteiger partial charge in [0.25, 0.3) is 0 Å². The molecule has 19 heavy (non-hydrogen) atoms. The van der Waals surface area contributed by atoms with Crippen LogP contribution in [0.3, 0.4) is 0 Å². The molecule has 0 bridgehead atoms. The van der Waals surface area contributed by atoms with Gasteiger partial charge in [0.1, 0.15) is 0 Å². The average molecular weight is 259 g/mol. The molecule has 0 radical (unpaired) electrons. The van der Waals surface area contributed by atoms with Gasteiger partial charge in [-0.2, -0.15) is 5.10 Å². The summed E-state index contributed by atoms with van der Waals surface area (Å²) in [5, 5.41) is 15.5. The summed E-state index contributed by atoms with van der Waals surface area (Å²) in [6.45, 7) is 6.11. The van der Waals surface area contributed by atoms with Crippen molar-refractivity contribution in [2.24, 2.45) is 0 Å². The Hall–Kier alpha value is -2.30. The molecule has 5 nitrogen and oxygen atoms in total. The molecular weight excluding hydrogens is 242 g/mol. The molecule has 0 saturated carbocycles. The van der Waals surface area contributed by atoms with E-state index in [1.807, 2.05) is 25.1 Å². The highest BCUT2D eigenvalue weighted by Gasteiger charge is 2.20. The third-order valence-corrected chi connectivity index (χ3v) is 3.21. The summed E-state index contributed by atoms with van der Waals surface area (Å²) < 4.78 is 0. The Morgan fingerprint density at radius 3 is 2.68 bits per heavy atom. The van der Waals surface area contributed by atoms with E-state index in [0.717, 1.165) is 16.7 Å². The van der Waals surface area contributed by atoms with Gasteiger partial charge in [-0.3, -0.25) is 5.10 Å². The molecule has 0 atom stereocenters. The largest absolute Gasteiger partial charge is 0.477 e. The molecule has 0 fully saturated rings. The topological polar surface area (TPSA) is 92.0 Å². The van der Waals surface area contributed by atoms with Crippen molar-refractivity contribution in [3.05, 3.63) is 35.0 Å². The fraction of sp³-hybridized carbons (Fsp3) is 0.286. The van der Waals surface area contributed by atoms with Gasteiger partial charge >= 0.3 is 5.97 Å². The molecule has 1 aromatic heterocycles. The molecule has 1 aromatic carbocycles. The van der Waals surface area contributed by atoms with Crippen LogP contribution in [0.1, 0.15) is 41.4 Å². The highest BCUT2D eigenvalue weighted by Crippen LogP contribution is 2.32. The normalized spacial score (nSPS) is 10.9.